The number of para-hydroxylation sites is 1. The molecule has 0 aliphatic carbocycles. The topological polar surface area (TPSA) is 64.4 Å². The number of carbonyl (C=O) groups is 1. The highest BCUT2D eigenvalue weighted by molar-refractivity contribution is 5.83. The molecule has 1 aliphatic heterocycles. The van der Waals surface area contributed by atoms with Gasteiger partial charge in [-0.25, -0.2) is 0 Å². The van der Waals surface area contributed by atoms with Gasteiger partial charge in [0, 0.05) is 18.5 Å². The number of hydrogen-bond acceptors (Lipinski definition) is 3. The third-order valence-corrected chi connectivity index (χ3v) is 4.91. The van der Waals surface area contributed by atoms with Crippen LogP contribution in [0.5, 0.6) is 5.75 Å². The highest BCUT2D eigenvalue weighted by Crippen LogP contribution is 2.40. The van der Waals surface area contributed by atoms with Gasteiger partial charge >= 0.3 is 0 Å². The smallest absolute Gasteiger partial charge is 0.227 e. The SMILES string of the molecule is CCC(CC)(CN)C(=O)NC1CC(C)(C)Oc2ccccc21. The number of carbonyl (C=O) groups excluding carboxylic acids is 1. The van der Waals surface area contributed by atoms with Gasteiger partial charge in [0.1, 0.15) is 11.4 Å². The molecule has 1 aromatic rings. The fraction of sp³-hybridized carbons (Fsp3) is 0.611. The fourth-order valence-corrected chi connectivity index (χ4v) is 3.19. The minimum atomic E-state index is -0.475. The standard InChI is InChI=1S/C18H28N2O2/c1-5-18(6-2,12-19)16(21)20-14-11-17(3,4)22-15-10-8-7-9-13(14)15/h7-10,14H,5-6,11-12,19H2,1-4H3,(H,20,21). The maximum absolute atomic E-state index is 12.8. The summed E-state index contributed by atoms with van der Waals surface area (Å²) >= 11 is 0. The van der Waals surface area contributed by atoms with Gasteiger partial charge in [0.15, 0.2) is 0 Å². The van der Waals surface area contributed by atoms with Gasteiger partial charge in [-0.3, -0.25) is 4.79 Å². The van der Waals surface area contributed by atoms with Crippen molar-refractivity contribution in [1.29, 1.82) is 0 Å². The second kappa shape index (κ2) is 6.29. The lowest BCUT2D eigenvalue weighted by Crippen LogP contribution is -2.49. The van der Waals surface area contributed by atoms with E-state index in [1.807, 2.05) is 38.1 Å². The number of amides is 1. The largest absolute Gasteiger partial charge is 0.487 e. The van der Waals surface area contributed by atoms with Crippen molar-refractivity contribution in [2.75, 3.05) is 6.54 Å². The number of ether oxygens (including phenoxy) is 1. The maximum atomic E-state index is 12.8. The first-order valence-electron chi connectivity index (χ1n) is 8.16. The summed E-state index contributed by atoms with van der Waals surface area (Å²) in [7, 11) is 0. The molecule has 1 heterocycles. The van der Waals surface area contributed by atoms with Crippen LogP contribution in [0.2, 0.25) is 0 Å². The Morgan fingerprint density at radius 3 is 2.59 bits per heavy atom. The van der Waals surface area contributed by atoms with E-state index in [0.29, 0.717) is 6.54 Å². The third kappa shape index (κ3) is 3.12. The van der Waals surface area contributed by atoms with Gasteiger partial charge < -0.3 is 15.8 Å². The van der Waals surface area contributed by atoms with Crippen molar-refractivity contribution in [1.82, 2.24) is 5.32 Å². The lowest BCUT2D eigenvalue weighted by atomic mass is 9.80. The second-order valence-electron chi connectivity index (χ2n) is 6.82. The Morgan fingerprint density at radius 1 is 1.36 bits per heavy atom. The van der Waals surface area contributed by atoms with Gasteiger partial charge in [0.25, 0.3) is 0 Å². The Morgan fingerprint density at radius 2 is 2.00 bits per heavy atom. The Balaban J connectivity index is 2.27. The van der Waals surface area contributed by atoms with E-state index in [1.54, 1.807) is 0 Å². The number of nitrogens with one attached hydrogen (secondary N) is 1. The normalized spacial score (nSPS) is 20.0. The summed E-state index contributed by atoms with van der Waals surface area (Å²) in [6.45, 7) is 8.53. The van der Waals surface area contributed by atoms with Crippen LogP contribution in [0, 0.1) is 5.41 Å². The zero-order chi connectivity index (χ0) is 16.4. The van der Waals surface area contributed by atoms with Crippen molar-refractivity contribution in [3.05, 3.63) is 29.8 Å². The molecule has 0 radical (unpaired) electrons. The molecule has 0 aromatic heterocycles. The second-order valence-corrected chi connectivity index (χ2v) is 6.82. The molecule has 22 heavy (non-hydrogen) atoms. The molecule has 4 heteroatoms. The van der Waals surface area contributed by atoms with E-state index in [2.05, 4.69) is 19.2 Å². The molecule has 1 aromatic carbocycles. The van der Waals surface area contributed by atoms with Crippen molar-refractivity contribution in [3.8, 4) is 5.75 Å². The highest BCUT2D eigenvalue weighted by atomic mass is 16.5. The van der Waals surface area contributed by atoms with Gasteiger partial charge in [-0.15, -0.1) is 0 Å². The van der Waals surface area contributed by atoms with Crippen LogP contribution in [-0.2, 0) is 4.79 Å². The zero-order valence-corrected chi connectivity index (χ0v) is 14.1. The maximum Gasteiger partial charge on any atom is 0.227 e. The molecule has 122 valence electrons. The van der Waals surface area contributed by atoms with Crippen molar-refractivity contribution in [2.24, 2.45) is 11.1 Å². The number of rotatable bonds is 5. The Hall–Kier alpha value is -1.55. The first-order valence-corrected chi connectivity index (χ1v) is 8.16. The molecule has 2 rings (SSSR count). The molecule has 0 saturated heterocycles. The summed E-state index contributed by atoms with van der Waals surface area (Å²) in [6.07, 6.45) is 2.25. The average molecular weight is 304 g/mol. The van der Waals surface area contributed by atoms with Gasteiger partial charge in [-0.05, 0) is 32.8 Å². The molecule has 1 unspecified atom stereocenters. The quantitative estimate of drug-likeness (QED) is 0.878. The molecule has 1 aliphatic rings. The molecule has 0 fully saturated rings. The van der Waals surface area contributed by atoms with Crippen molar-refractivity contribution in [2.45, 2.75) is 58.6 Å². The van der Waals surface area contributed by atoms with Gasteiger partial charge in [-0.1, -0.05) is 32.0 Å². The van der Waals surface area contributed by atoms with Crippen LogP contribution in [0.25, 0.3) is 0 Å². The minimum Gasteiger partial charge on any atom is -0.487 e. The Bertz CT molecular complexity index is 527. The molecule has 1 amide bonds. The van der Waals surface area contributed by atoms with E-state index in [0.717, 1.165) is 30.6 Å². The molecule has 4 nitrogen and oxygen atoms in total. The van der Waals surface area contributed by atoms with Crippen molar-refractivity contribution in [3.63, 3.8) is 0 Å². The summed E-state index contributed by atoms with van der Waals surface area (Å²) in [5, 5.41) is 3.23. The summed E-state index contributed by atoms with van der Waals surface area (Å²) in [5.74, 6) is 0.910. The summed E-state index contributed by atoms with van der Waals surface area (Å²) in [4.78, 5) is 12.8. The van der Waals surface area contributed by atoms with Crippen LogP contribution in [-0.4, -0.2) is 18.1 Å². The third-order valence-electron chi connectivity index (χ3n) is 4.91. The van der Waals surface area contributed by atoms with E-state index in [-0.39, 0.29) is 17.6 Å². The van der Waals surface area contributed by atoms with E-state index < -0.39 is 5.41 Å². The van der Waals surface area contributed by atoms with Crippen LogP contribution in [0.4, 0.5) is 0 Å². The van der Waals surface area contributed by atoms with E-state index in [9.17, 15) is 4.79 Å². The number of fused-ring (bicyclic) bond motifs is 1. The summed E-state index contributed by atoms with van der Waals surface area (Å²) in [5.41, 5.74) is 6.18. The van der Waals surface area contributed by atoms with Crippen LogP contribution in [0.1, 0.15) is 58.6 Å². The summed E-state index contributed by atoms with van der Waals surface area (Å²) in [6, 6.07) is 7.90. The van der Waals surface area contributed by atoms with Crippen molar-refractivity contribution >= 4 is 5.91 Å². The lowest BCUT2D eigenvalue weighted by Gasteiger charge is -2.39. The lowest BCUT2D eigenvalue weighted by molar-refractivity contribution is -0.132. The molecule has 0 saturated carbocycles. The molecule has 0 bridgehead atoms. The predicted octanol–water partition coefficient (Wildman–Crippen LogP) is 3.17. The van der Waals surface area contributed by atoms with Gasteiger partial charge in [0.05, 0.1) is 11.5 Å². The van der Waals surface area contributed by atoms with Crippen LogP contribution >= 0.6 is 0 Å². The number of benzene rings is 1. The number of nitrogens with two attached hydrogens (primary N) is 1. The first-order chi connectivity index (χ1) is 10.4. The first kappa shape index (κ1) is 16.8. The zero-order valence-electron chi connectivity index (χ0n) is 14.1. The highest BCUT2D eigenvalue weighted by Gasteiger charge is 2.39. The Labute approximate surface area is 133 Å². The minimum absolute atomic E-state index is 0.0310. The van der Waals surface area contributed by atoms with Crippen LogP contribution < -0.4 is 15.8 Å². The molecule has 3 N–H and O–H groups in total. The van der Waals surface area contributed by atoms with Crippen LogP contribution in [0.15, 0.2) is 24.3 Å². The molecular formula is C18H28N2O2. The monoisotopic (exact) mass is 304 g/mol. The van der Waals surface area contributed by atoms with Gasteiger partial charge in [-0.2, -0.15) is 0 Å². The average Bonchev–Trinajstić information content (AvgIpc) is 2.48. The van der Waals surface area contributed by atoms with E-state index >= 15 is 0 Å². The predicted molar refractivity (Wildman–Crippen MR) is 88.7 cm³/mol. The molecule has 1 atom stereocenters. The van der Waals surface area contributed by atoms with Gasteiger partial charge in [0.2, 0.25) is 5.91 Å². The Kier molecular flexibility index (Phi) is 4.81. The van der Waals surface area contributed by atoms with Crippen molar-refractivity contribution < 1.29 is 9.53 Å². The molecular weight excluding hydrogens is 276 g/mol. The van der Waals surface area contributed by atoms with E-state index in [1.165, 1.54) is 0 Å². The fourth-order valence-electron chi connectivity index (χ4n) is 3.19. The van der Waals surface area contributed by atoms with E-state index in [4.69, 9.17) is 10.5 Å². The summed E-state index contributed by atoms with van der Waals surface area (Å²) < 4.78 is 6.02. The molecule has 0 spiro atoms. The van der Waals surface area contributed by atoms with Crippen LogP contribution in [0.3, 0.4) is 0 Å². The number of hydrogen-bond donors (Lipinski definition) is 2.